The fourth-order valence-electron chi connectivity index (χ4n) is 4.61. The lowest BCUT2D eigenvalue weighted by Crippen LogP contribution is -2.48. The number of nitrogens with one attached hydrogen (secondary N) is 3. The van der Waals surface area contributed by atoms with Crippen molar-refractivity contribution in [2.45, 2.75) is 39.7 Å². The van der Waals surface area contributed by atoms with E-state index < -0.39 is 0 Å². The first kappa shape index (κ1) is 29.2. The van der Waals surface area contributed by atoms with Crippen LogP contribution >= 0.6 is 0 Å². The number of aromatic nitrogens is 2. The largest absolute Gasteiger partial charge is 0.368 e. The van der Waals surface area contributed by atoms with Crippen LogP contribution in [0.4, 0.5) is 11.6 Å². The van der Waals surface area contributed by atoms with Gasteiger partial charge in [-0.15, -0.1) is 0 Å². The molecule has 0 saturated carbocycles. The molecule has 3 N–H and O–H groups in total. The topological polar surface area (TPSA) is 102 Å². The summed E-state index contributed by atoms with van der Waals surface area (Å²) in [5.41, 5.74) is 3.68. The number of carbonyl (C=O) groups excluding carboxylic acids is 2. The van der Waals surface area contributed by atoms with Crippen LogP contribution in [0.1, 0.15) is 38.8 Å². The molecular formula is C31H41N7O2. The fourth-order valence-corrected chi connectivity index (χ4v) is 4.61. The monoisotopic (exact) mass is 543 g/mol. The highest BCUT2D eigenvalue weighted by Crippen LogP contribution is 2.23. The number of anilines is 2. The molecule has 4 rings (SSSR count). The molecule has 1 aliphatic heterocycles. The van der Waals surface area contributed by atoms with Crippen LogP contribution in [-0.4, -0.2) is 77.4 Å². The van der Waals surface area contributed by atoms with Crippen molar-refractivity contribution in [3.05, 3.63) is 71.8 Å². The molecule has 0 aliphatic carbocycles. The Morgan fingerprint density at radius 2 is 1.50 bits per heavy atom. The second kappa shape index (κ2) is 13.5. The van der Waals surface area contributed by atoms with E-state index in [0.29, 0.717) is 37.1 Å². The lowest BCUT2D eigenvalue weighted by Gasteiger charge is -2.34. The fraction of sp³-hybridized carbons (Fsp3) is 0.419. The van der Waals surface area contributed by atoms with E-state index in [4.69, 9.17) is 0 Å². The number of carbonyl (C=O) groups is 2. The van der Waals surface area contributed by atoms with Crippen molar-refractivity contribution in [3.63, 3.8) is 0 Å². The summed E-state index contributed by atoms with van der Waals surface area (Å²) in [4.78, 5) is 37.9. The molecule has 2 heterocycles. The molecule has 0 unspecified atom stereocenters. The molecule has 1 aliphatic rings. The highest BCUT2D eigenvalue weighted by atomic mass is 16.2. The first-order chi connectivity index (χ1) is 19.2. The number of hydrogen-bond acceptors (Lipinski definition) is 7. The van der Waals surface area contributed by atoms with Crippen molar-refractivity contribution in [1.29, 1.82) is 0 Å². The molecule has 1 saturated heterocycles. The third-order valence-corrected chi connectivity index (χ3v) is 6.89. The van der Waals surface area contributed by atoms with Gasteiger partial charge in [0.2, 0.25) is 11.8 Å². The summed E-state index contributed by atoms with van der Waals surface area (Å²) in [6, 6.07) is 20.3. The molecule has 0 radical (unpaired) electrons. The van der Waals surface area contributed by atoms with Gasteiger partial charge >= 0.3 is 0 Å². The van der Waals surface area contributed by atoms with E-state index in [9.17, 15) is 9.59 Å². The molecule has 3 aromatic rings. The van der Waals surface area contributed by atoms with Crippen molar-refractivity contribution >= 4 is 23.5 Å². The van der Waals surface area contributed by atoms with E-state index in [2.05, 4.69) is 80.8 Å². The van der Waals surface area contributed by atoms with Gasteiger partial charge in [0.15, 0.2) is 5.82 Å². The minimum atomic E-state index is -0.104. The maximum atomic E-state index is 13.0. The van der Waals surface area contributed by atoms with E-state index in [-0.39, 0.29) is 17.2 Å². The van der Waals surface area contributed by atoms with Gasteiger partial charge in [-0.3, -0.25) is 19.4 Å². The number of rotatable bonds is 10. The maximum Gasteiger partial charge on any atom is 0.239 e. The van der Waals surface area contributed by atoms with Crippen molar-refractivity contribution in [1.82, 2.24) is 25.1 Å². The van der Waals surface area contributed by atoms with Gasteiger partial charge in [0.25, 0.3) is 0 Å². The predicted molar refractivity (Wildman–Crippen MR) is 160 cm³/mol. The molecule has 9 heteroatoms. The molecule has 1 fully saturated rings. The second-order valence-electron chi connectivity index (χ2n) is 11.3. The summed E-state index contributed by atoms with van der Waals surface area (Å²) >= 11 is 0. The first-order valence-corrected chi connectivity index (χ1v) is 13.9. The Balaban J connectivity index is 1.31. The van der Waals surface area contributed by atoms with Crippen molar-refractivity contribution < 1.29 is 9.59 Å². The van der Waals surface area contributed by atoms with E-state index >= 15 is 0 Å². The smallest absolute Gasteiger partial charge is 0.239 e. The first-order valence-electron chi connectivity index (χ1n) is 13.9. The van der Waals surface area contributed by atoms with Crippen LogP contribution in [0.3, 0.4) is 0 Å². The summed E-state index contributed by atoms with van der Waals surface area (Å²) < 4.78 is 0. The number of piperazine rings is 1. The van der Waals surface area contributed by atoms with Crippen molar-refractivity contribution in [2.75, 3.05) is 56.4 Å². The average Bonchev–Trinajstić information content (AvgIpc) is 2.92. The van der Waals surface area contributed by atoms with Crippen LogP contribution in [0, 0.1) is 0 Å². The number of amides is 2. The highest BCUT2D eigenvalue weighted by Gasteiger charge is 2.20. The zero-order valence-corrected chi connectivity index (χ0v) is 24.0. The lowest BCUT2D eigenvalue weighted by atomic mass is 9.87. The summed E-state index contributed by atoms with van der Waals surface area (Å²) in [7, 11) is 0. The zero-order valence-electron chi connectivity index (χ0n) is 24.0. The number of benzene rings is 2. The normalized spacial score (nSPS) is 14.5. The SMILES string of the molecule is CC(=O)NCCNc1cc(NC(=O)CN2CCN(Cc3ccc(C(C)(C)C)cc3)CC2)nc(-c2ccccc2)n1. The Kier molecular flexibility index (Phi) is 9.84. The summed E-state index contributed by atoms with van der Waals surface area (Å²) in [5, 5.41) is 8.92. The molecule has 212 valence electrons. The molecule has 0 atom stereocenters. The van der Waals surface area contributed by atoms with Gasteiger partial charge in [0.05, 0.1) is 6.54 Å². The quantitative estimate of drug-likeness (QED) is 0.335. The van der Waals surface area contributed by atoms with Crippen LogP contribution in [-0.2, 0) is 21.5 Å². The Morgan fingerprint density at radius 3 is 2.15 bits per heavy atom. The molecule has 2 aromatic carbocycles. The van der Waals surface area contributed by atoms with Crippen LogP contribution in [0.25, 0.3) is 11.4 Å². The maximum absolute atomic E-state index is 13.0. The van der Waals surface area contributed by atoms with E-state index in [1.807, 2.05) is 30.3 Å². The molecule has 40 heavy (non-hydrogen) atoms. The molecule has 2 amide bonds. The van der Waals surface area contributed by atoms with Gasteiger partial charge in [-0.1, -0.05) is 75.4 Å². The minimum Gasteiger partial charge on any atom is -0.368 e. The van der Waals surface area contributed by atoms with Crippen LogP contribution in [0.15, 0.2) is 60.7 Å². The Morgan fingerprint density at radius 1 is 0.850 bits per heavy atom. The number of nitrogens with zero attached hydrogens (tertiary/aromatic N) is 4. The van der Waals surface area contributed by atoms with E-state index in [1.165, 1.54) is 18.1 Å². The van der Waals surface area contributed by atoms with Gasteiger partial charge < -0.3 is 16.0 Å². The molecule has 0 spiro atoms. The van der Waals surface area contributed by atoms with E-state index in [1.54, 1.807) is 6.07 Å². The Bertz CT molecular complexity index is 1270. The zero-order chi connectivity index (χ0) is 28.5. The van der Waals surface area contributed by atoms with E-state index in [0.717, 1.165) is 38.3 Å². The third-order valence-electron chi connectivity index (χ3n) is 6.89. The van der Waals surface area contributed by atoms with Crippen molar-refractivity contribution in [3.8, 4) is 11.4 Å². The summed E-state index contributed by atoms with van der Waals surface area (Å²) in [6.07, 6.45) is 0. The van der Waals surface area contributed by atoms with Crippen molar-refractivity contribution in [2.24, 2.45) is 0 Å². The average molecular weight is 544 g/mol. The van der Waals surface area contributed by atoms with Gasteiger partial charge in [0.1, 0.15) is 11.6 Å². The summed E-state index contributed by atoms with van der Waals surface area (Å²) in [6.45, 7) is 13.9. The van der Waals surface area contributed by atoms with Gasteiger partial charge in [-0.25, -0.2) is 9.97 Å². The third kappa shape index (κ3) is 8.86. The minimum absolute atomic E-state index is 0.0852. The van der Waals surface area contributed by atoms with Crippen LogP contribution in [0.5, 0.6) is 0 Å². The Labute approximate surface area is 237 Å². The molecular weight excluding hydrogens is 502 g/mol. The predicted octanol–water partition coefficient (Wildman–Crippen LogP) is 3.75. The van der Waals surface area contributed by atoms with Gasteiger partial charge in [0, 0.05) is 64.4 Å². The summed E-state index contributed by atoms with van der Waals surface area (Å²) in [5.74, 6) is 1.35. The highest BCUT2D eigenvalue weighted by molar-refractivity contribution is 5.92. The molecule has 1 aromatic heterocycles. The standard InChI is InChI=1S/C31H41N7O2/c1-23(39)32-14-15-33-27-20-28(36-30(35-27)25-8-6-5-7-9-25)34-29(40)22-38-18-16-37(17-19-38)21-24-10-12-26(13-11-24)31(2,3)4/h5-13,20H,14-19,21-22H2,1-4H3,(H,32,39)(H2,33,34,35,36,40). The van der Waals surface area contributed by atoms with Crippen LogP contribution < -0.4 is 16.0 Å². The van der Waals surface area contributed by atoms with Gasteiger partial charge in [-0.2, -0.15) is 0 Å². The molecule has 9 nitrogen and oxygen atoms in total. The molecule has 0 bridgehead atoms. The lowest BCUT2D eigenvalue weighted by molar-refractivity contribution is -0.119. The van der Waals surface area contributed by atoms with Crippen LogP contribution in [0.2, 0.25) is 0 Å². The second-order valence-corrected chi connectivity index (χ2v) is 11.3. The Hall–Kier alpha value is -3.82. The number of hydrogen-bond donors (Lipinski definition) is 3. The van der Waals surface area contributed by atoms with Gasteiger partial charge in [-0.05, 0) is 16.5 Å².